The summed E-state index contributed by atoms with van der Waals surface area (Å²) in [6.45, 7) is 4.22. The number of thiophene rings is 1. The number of carbonyl (C=O) groups is 1. The van der Waals surface area contributed by atoms with Crippen LogP contribution in [-0.4, -0.2) is 16.9 Å². The van der Waals surface area contributed by atoms with E-state index in [0.29, 0.717) is 11.5 Å². The normalized spacial score (nSPS) is 10.7. The van der Waals surface area contributed by atoms with Gasteiger partial charge in [0.2, 0.25) is 0 Å². The largest absolute Gasteiger partial charge is 0.462 e. The number of carbonyl (C=O) groups excluding carboxylic acids is 1. The molecule has 0 N–H and O–H groups in total. The maximum atomic E-state index is 11.4. The lowest BCUT2D eigenvalue weighted by Gasteiger charge is -1.95. The zero-order valence-electron chi connectivity index (χ0n) is 7.86. The van der Waals surface area contributed by atoms with E-state index >= 15 is 0 Å². The Hall–Kier alpha value is -0.940. The fraction of sp³-hybridized carbons (Fsp3) is 0.333. The second-order valence-corrected chi connectivity index (χ2v) is 4.80. The minimum Gasteiger partial charge on any atom is -0.462 e. The molecule has 14 heavy (non-hydrogen) atoms. The van der Waals surface area contributed by atoms with Gasteiger partial charge in [-0.15, -0.1) is 11.3 Å². The van der Waals surface area contributed by atoms with Crippen molar-refractivity contribution in [3.63, 3.8) is 0 Å². The van der Waals surface area contributed by atoms with Crippen molar-refractivity contribution < 1.29 is 9.53 Å². The van der Waals surface area contributed by atoms with E-state index < -0.39 is 0 Å². The molecule has 0 spiro atoms. The van der Waals surface area contributed by atoms with Crippen LogP contribution in [0.25, 0.3) is 10.2 Å². The molecule has 0 aromatic carbocycles. The van der Waals surface area contributed by atoms with Crippen LogP contribution >= 0.6 is 22.9 Å². The van der Waals surface area contributed by atoms with Crippen LogP contribution in [0, 0.1) is 6.92 Å². The van der Waals surface area contributed by atoms with Gasteiger partial charge in [-0.05, 0) is 31.4 Å². The Morgan fingerprint density at radius 1 is 1.64 bits per heavy atom. The van der Waals surface area contributed by atoms with Gasteiger partial charge < -0.3 is 4.74 Å². The first kappa shape index (κ1) is 9.61. The van der Waals surface area contributed by atoms with Crippen molar-refractivity contribution in [2.45, 2.75) is 13.8 Å². The summed E-state index contributed by atoms with van der Waals surface area (Å²) in [5.41, 5.74) is 0. The summed E-state index contributed by atoms with van der Waals surface area (Å²) in [5.74, 6) is -0.250. The summed E-state index contributed by atoms with van der Waals surface area (Å²) in [5, 5.41) is 1.07. The molecule has 2 heterocycles. The lowest BCUT2D eigenvalue weighted by atomic mass is 10.3. The van der Waals surface area contributed by atoms with Gasteiger partial charge in [0.15, 0.2) is 0 Å². The molecule has 2 aromatic rings. The van der Waals surface area contributed by atoms with E-state index in [2.05, 4.69) is 4.37 Å². The van der Waals surface area contributed by atoms with Crippen LogP contribution in [0.1, 0.15) is 21.5 Å². The number of esters is 1. The third kappa shape index (κ3) is 1.53. The molecule has 0 aliphatic rings. The van der Waals surface area contributed by atoms with Crippen LogP contribution < -0.4 is 0 Å². The highest BCUT2D eigenvalue weighted by atomic mass is 32.1. The lowest BCUT2D eigenvalue weighted by molar-refractivity contribution is 0.0532. The number of ether oxygens (including phenoxy) is 1. The monoisotopic (exact) mass is 227 g/mol. The summed E-state index contributed by atoms with van der Waals surface area (Å²) in [6, 6.07) is 1.86. The van der Waals surface area contributed by atoms with Crippen LogP contribution in [0.2, 0.25) is 0 Å². The SMILES string of the molecule is CCOC(=O)c1cc2c(C)snc2s1. The Morgan fingerprint density at radius 2 is 2.43 bits per heavy atom. The smallest absolute Gasteiger partial charge is 0.348 e. The number of nitrogens with zero attached hydrogens (tertiary/aromatic N) is 1. The Morgan fingerprint density at radius 3 is 3.07 bits per heavy atom. The highest BCUT2D eigenvalue weighted by Crippen LogP contribution is 2.30. The van der Waals surface area contributed by atoms with E-state index in [9.17, 15) is 4.79 Å². The number of aromatic nitrogens is 1. The van der Waals surface area contributed by atoms with Crippen LogP contribution in [0.4, 0.5) is 0 Å². The predicted octanol–water partition coefficient (Wildman–Crippen LogP) is 2.84. The van der Waals surface area contributed by atoms with E-state index in [0.717, 1.165) is 15.1 Å². The van der Waals surface area contributed by atoms with E-state index in [-0.39, 0.29) is 5.97 Å². The number of aryl methyl sites for hydroxylation is 1. The maximum absolute atomic E-state index is 11.4. The molecule has 0 amide bonds. The van der Waals surface area contributed by atoms with Gasteiger partial charge in [-0.25, -0.2) is 4.79 Å². The molecule has 3 nitrogen and oxygen atoms in total. The molecule has 2 rings (SSSR count). The van der Waals surface area contributed by atoms with Gasteiger partial charge in [-0.3, -0.25) is 0 Å². The standard InChI is InChI=1S/C9H9NO2S2/c1-3-12-9(11)7-4-6-5(2)14-10-8(6)13-7/h4H,3H2,1-2H3. The third-order valence-corrected chi connectivity index (χ3v) is 3.73. The molecule has 0 aliphatic heterocycles. The second kappa shape index (κ2) is 3.67. The Kier molecular flexibility index (Phi) is 2.52. The first-order valence-corrected chi connectivity index (χ1v) is 5.84. The van der Waals surface area contributed by atoms with Crippen molar-refractivity contribution in [2.75, 3.05) is 6.61 Å². The number of hydrogen-bond acceptors (Lipinski definition) is 5. The third-order valence-electron chi connectivity index (χ3n) is 1.83. The molecule has 0 atom stereocenters. The summed E-state index contributed by atoms with van der Waals surface area (Å²) < 4.78 is 9.15. The van der Waals surface area contributed by atoms with Crippen LogP contribution in [0.3, 0.4) is 0 Å². The summed E-state index contributed by atoms with van der Waals surface area (Å²) >= 11 is 2.86. The number of hydrogen-bond donors (Lipinski definition) is 0. The molecule has 0 fully saturated rings. The summed E-state index contributed by atoms with van der Waals surface area (Å²) in [6.07, 6.45) is 0. The Bertz CT molecular complexity index is 472. The zero-order valence-corrected chi connectivity index (χ0v) is 9.50. The van der Waals surface area contributed by atoms with E-state index in [1.807, 2.05) is 13.0 Å². The number of rotatable bonds is 2. The molecule has 0 radical (unpaired) electrons. The van der Waals surface area contributed by atoms with Gasteiger partial charge in [0, 0.05) is 10.3 Å². The number of fused-ring (bicyclic) bond motifs is 1. The van der Waals surface area contributed by atoms with E-state index in [4.69, 9.17) is 4.74 Å². The first-order valence-electron chi connectivity index (χ1n) is 4.25. The highest BCUT2D eigenvalue weighted by Gasteiger charge is 2.13. The molecule has 5 heteroatoms. The van der Waals surface area contributed by atoms with Gasteiger partial charge in [0.1, 0.15) is 9.71 Å². The molecule has 74 valence electrons. The summed E-state index contributed by atoms with van der Waals surface area (Å²) in [7, 11) is 0. The van der Waals surface area contributed by atoms with Crippen LogP contribution in [0.15, 0.2) is 6.07 Å². The van der Waals surface area contributed by atoms with Crippen LogP contribution in [-0.2, 0) is 4.74 Å². The molecular weight excluding hydrogens is 218 g/mol. The van der Waals surface area contributed by atoms with Crippen molar-refractivity contribution >= 4 is 39.1 Å². The molecular formula is C9H9NO2S2. The first-order chi connectivity index (χ1) is 6.72. The molecule has 2 aromatic heterocycles. The van der Waals surface area contributed by atoms with Gasteiger partial charge in [0.05, 0.1) is 6.61 Å². The second-order valence-electron chi connectivity index (χ2n) is 2.79. The lowest BCUT2D eigenvalue weighted by Crippen LogP contribution is -2.01. The Labute approximate surface area is 89.5 Å². The zero-order chi connectivity index (χ0) is 10.1. The van der Waals surface area contributed by atoms with Crippen molar-refractivity contribution in [1.29, 1.82) is 0 Å². The minimum absolute atomic E-state index is 0.250. The van der Waals surface area contributed by atoms with Gasteiger partial charge in [0.25, 0.3) is 0 Å². The molecule has 0 saturated heterocycles. The summed E-state index contributed by atoms with van der Waals surface area (Å²) in [4.78, 5) is 14.1. The van der Waals surface area contributed by atoms with Crippen molar-refractivity contribution in [1.82, 2.24) is 4.37 Å². The highest BCUT2D eigenvalue weighted by molar-refractivity contribution is 7.22. The van der Waals surface area contributed by atoms with Gasteiger partial charge in [-0.2, -0.15) is 4.37 Å². The quantitative estimate of drug-likeness (QED) is 0.740. The average Bonchev–Trinajstić information content (AvgIpc) is 2.69. The van der Waals surface area contributed by atoms with E-state index in [1.54, 1.807) is 6.92 Å². The molecule has 0 bridgehead atoms. The Balaban J connectivity index is 2.40. The van der Waals surface area contributed by atoms with Crippen molar-refractivity contribution in [3.05, 3.63) is 15.8 Å². The van der Waals surface area contributed by atoms with Crippen molar-refractivity contribution in [2.24, 2.45) is 0 Å². The molecule has 0 saturated carbocycles. The average molecular weight is 227 g/mol. The molecule has 0 aliphatic carbocycles. The van der Waals surface area contributed by atoms with Crippen LogP contribution in [0.5, 0.6) is 0 Å². The minimum atomic E-state index is -0.250. The fourth-order valence-electron chi connectivity index (χ4n) is 1.16. The maximum Gasteiger partial charge on any atom is 0.348 e. The predicted molar refractivity (Wildman–Crippen MR) is 58.2 cm³/mol. The topological polar surface area (TPSA) is 39.2 Å². The van der Waals surface area contributed by atoms with E-state index in [1.165, 1.54) is 22.9 Å². The fourth-order valence-corrected chi connectivity index (χ4v) is 2.91. The van der Waals surface area contributed by atoms with Gasteiger partial charge >= 0.3 is 5.97 Å². The van der Waals surface area contributed by atoms with Gasteiger partial charge in [-0.1, -0.05) is 0 Å². The van der Waals surface area contributed by atoms with Crippen molar-refractivity contribution in [3.8, 4) is 0 Å². The molecule has 0 unspecified atom stereocenters.